The molecular weight excluding hydrogens is 648 g/mol. The fraction of sp³-hybridized carbons (Fsp3) is 0. The quantitative estimate of drug-likeness (QED) is 0.248. The van der Waals surface area contributed by atoms with E-state index in [9.17, 15) is 42.1 Å². The molecule has 0 unspecified atom stereocenters. The Kier molecular flexibility index (Phi) is 7.05. The molecule has 2 aromatic heterocycles. The van der Waals surface area contributed by atoms with Crippen molar-refractivity contribution in [3.63, 3.8) is 0 Å². The summed E-state index contributed by atoms with van der Waals surface area (Å²) in [6.07, 6.45) is 0. The third kappa shape index (κ3) is 4.90. The van der Waals surface area contributed by atoms with E-state index < -0.39 is 0 Å². The summed E-state index contributed by atoms with van der Waals surface area (Å²) in [6.45, 7) is 0. The fourth-order valence-electron chi connectivity index (χ4n) is 5.03. The number of hydrogen-bond donors (Lipinski definition) is 0. The summed E-state index contributed by atoms with van der Waals surface area (Å²) in [4.78, 5) is 35.0. The summed E-state index contributed by atoms with van der Waals surface area (Å²) in [5, 5.41) is 77.8. The van der Waals surface area contributed by atoms with E-state index >= 15 is 0 Å². The number of allylic oxidation sites excluding steroid dienone is 2. The second kappa shape index (κ2) is 11.8. The Bertz CT molecular complexity index is 3060. The van der Waals surface area contributed by atoms with Crippen LogP contribution in [0.25, 0.3) is 39.8 Å². The van der Waals surface area contributed by atoms with Crippen LogP contribution in [0.3, 0.4) is 0 Å². The van der Waals surface area contributed by atoms with E-state index in [2.05, 4.69) is 39.9 Å². The normalized spacial score (nSPS) is 11.5. The second-order valence-electron chi connectivity index (χ2n) is 10.2. The standard InChI is InChI=1S/C34H6N16O/c35-7-15-3-24-25(4-16(15)8-36)45-31(44-24)22(14-42)32-48-30(20-1-2-23-28(21(20)13-41)47-29(43-23)19(11-39)12-40)49-33(50-32)34-46-26-5-17(9-37)18(10-38)6-27(26)51-34/h1-6H. The predicted octanol–water partition coefficient (Wildman–Crippen LogP) is 1.36. The highest BCUT2D eigenvalue weighted by Crippen LogP contribution is 2.29. The van der Waals surface area contributed by atoms with Gasteiger partial charge in [-0.3, -0.25) is 0 Å². The van der Waals surface area contributed by atoms with Crippen LogP contribution in [0.2, 0.25) is 0 Å². The molecule has 17 heteroatoms. The average molecular weight is 655 g/mol. The molecule has 228 valence electrons. The van der Waals surface area contributed by atoms with Gasteiger partial charge in [-0.25, -0.2) is 39.9 Å². The maximum absolute atomic E-state index is 10.4. The molecular formula is C34H6N16O. The van der Waals surface area contributed by atoms with E-state index in [1.165, 1.54) is 36.4 Å². The highest BCUT2D eigenvalue weighted by Gasteiger charge is 2.24. The van der Waals surface area contributed by atoms with Gasteiger partial charge in [-0.2, -0.15) is 42.1 Å². The first-order chi connectivity index (χ1) is 24.9. The molecule has 0 bridgehead atoms. The van der Waals surface area contributed by atoms with Crippen molar-refractivity contribution >= 4 is 16.7 Å². The minimum atomic E-state index is -0.365. The van der Waals surface area contributed by atoms with Crippen molar-refractivity contribution in [1.82, 2.24) is 19.9 Å². The van der Waals surface area contributed by atoms with Crippen molar-refractivity contribution in [2.45, 2.75) is 0 Å². The van der Waals surface area contributed by atoms with Crippen LogP contribution >= 0.6 is 0 Å². The number of nitrogens with zero attached hydrogens (tertiary/aromatic N) is 16. The minimum absolute atomic E-state index is 0.0414. The molecule has 7 rings (SSSR count). The maximum Gasteiger partial charge on any atom is 0.266 e. The number of nitriles is 8. The molecule has 0 saturated carbocycles. The van der Waals surface area contributed by atoms with Gasteiger partial charge in [0.1, 0.15) is 65.0 Å². The zero-order valence-electron chi connectivity index (χ0n) is 25.0. The number of hydrogen-bond acceptors (Lipinski definition) is 17. The van der Waals surface area contributed by atoms with Crippen molar-refractivity contribution in [3.8, 4) is 71.7 Å². The zero-order chi connectivity index (χ0) is 35.8. The average Bonchev–Trinajstić information content (AvgIpc) is 3.90. The zero-order valence-corrected chi connectivity index (χ0v) is 25.0. The van der Waals surface area contributed by atoms with Gasteiger partial charge in [0, 0.05) is 11.6 Å². The lowest BCUT2D eigenvalue weighted by molar-refractivity contribution is 0.612. The van der Waals surface area contributed by atoms with Crippen molar-refractivity contribution in [2.24, 2.45) is 20.0 Å². The van der Waals surface area contributed by atoms with E-state index in [1.807, 2.05) is 36.4 Å². The Labute approximate surface area is 283 Å². The van der Waals surface area contributed by atoms with E-state index in [-0.39, 0.29) is 112 Å². The lowest BCUT2D eigenvalue weighted by Gasteiger charge is -2.07. The van der Waals surface area contributed by atoms with Gasteiger partial charge in [0.25, 0.3) is 5.89 Å². The summed E-state index contributed by atoms with van der Waals surface area (Å²) in [5.41, 5.74) is -0.0874. The number of fused-ring (bicyclic) bond motifs is 3. The number of rotatable bonds is 3. The SMILES string of the molecule is N#CC(C#N)=C1N=c2ccc(-c3nc(C(C#N)=C4N=c5cc(C#N)c(C#N)cc5=N4)nc(-c4nc5cc(C#N)c(C#N)cc5o4)n3)c(C#N)c2=N1. The minimum Gasteiger partial charge on any atom is -0.433 e. The molecule has 0 aliphatic carbocycles. The number of benzene rings is 3. The van der Waals surface area contributed by atoms with Crippen LogP contribution < -0.4 is 21.4 Å². The van der Waals surface area contributed by atoms with E-state index in [0.717, 1.165) is 0 Å². The van der Waals surface area contributed by atoms with Crippen LogP contribution in [0, 0.1) is 90.6 Å². The molecule has 2 aliphatic heterocycles. The Morgan fingerprint density at radius 1 is 0.549 bits per heavy atom. The molecule has 0 saturated heterocycles. The number of oxazole rings is 1. The van der Waals surface area contributed by atoms with E-state index in [0.29, 0.717) is 0 Å². The summed E-state index contributed by atoms with van der Waals surface area (Å²) < 4.78 is 5.88. The predicted molar refractivity (Wildman–Crippen MR) is 164 cm³/mol. The van der Waals surface area contributed by atoms with Gasteiger partial charge in [-0.15, -0.1) is 0 Å². The monoisotopic (exact) mass is 654 g/mol. The third-order valence-corrected chi connectivity index (χ3v) is 7.36. The molecule has 5 aromatic rings. The lowest BCUT2D eigenvalue weighted by Crippen LogP contribution is -2.25. The molecule has 4 heterocycles. The summed E-state index contributed by atoms with van der Waals surface area (Å²) >= 11 is 0. The Balaban J connectivity index is 1.51. The van der Waals surface area contributed by atoms with Gasteiger partial charge in [0.15, 0.2) is 34.4 Å². The Morgan fingerprint density at radius 2 is 1.16 bits per heavy atom. The van der Waals surface area contributed by atoms with Crippen LogP contribution in [-0.2, 0) is 0 Å². The molecule has 3 aromatic carbocycles. The Hall–Kier alpha value is -9.26. The van der Waals surface area contributed by atoms with Gasteiger partial charge in [-0.1, -0.05) is 0 Å². The van der Waals surface area contributed by atoms with Crippen molar-refractivity contribution < 1.29 is 4.42 Å². The molecule has 17 nitrogen and oxygen atoms in total. The first-order valence-electron chi connectivity index (χ1n) is 14.0. The molecule has 0 amide bonds. The molecule has 0 fully saturated rings. The van der Waals surface area contributed by atoms with Crippen molar-refractivity contribution in [2.75, 3.05) is 0 Å². The van der Waals surface area contributed by atoms with Crippen LogP contribution in [-0.4, -0.2) is 19.9 Å². The lowest BCUT2D eigenvalue weighted by atomic mass is 10.1. The highest BCUT2D eigenvalue weighted by atomic mass is 16.3. The molecule has 0 spiro atoms. The van der Waals surface area contributed by atoms with Gasteiger partial charge in [0.2, 0.25) is 5.82 Å². The molecule has 51 heavy (non-hydrogen) atoms. The first kappa shape index (κ1) is 30.4. The van der Waals surface area contributed by atoms with Gasteiger partial charge in [-0.05, 0) is 30.3 Å². The smallest absolute Gasteiger partial charge is 0.266 e. The maximum atomic E-state index is 10.4. The third-order valence-electron chi connectivity index (χ3n) is 7.36. The van der Waals surface area contributed by atoms with E-state index in [4.69, 9.17) is 4.42 Å². The van der Waals surface area contributed by atoms with Gasteiger partial charge in [0.05, 0.1) is 43.9 Å². The summed E-state index contributed by atoms with van der Waals surface area (Å²) in [7, 11) is 0. The van der Waals surface area contributed by atoms with Crippen LogP contribution in [0.1, 0.15) is 33.6 Å². The molecule has 0 N–H and O–H groups in total. The topological polar surface area (TPSA) is 304 Å². The van der Waals surface area contributed by atoms with Crippen molar-refractivity contribution in [1.29, 1.82) is 42.1 Å². The van der Waals surface area contributed by atoms with Gasteiger partial charge < -0.3 is 4.42 Å². The number of aromatic nitrogens is 4. The summed E-state index contributed by atoms with van der Waals surface area (Å²) in [5.74, 6) is -1.21. The van der Waals surface area contributed by atoms with E-state index in [1.54, 1.807) is 12.1 Å². The Morgan fingerprint density at radius 3 is 1.76 bits per heavy atom. The molecule has 0 atom stereocenters. The molecule has 0 radical (unpaired) electrons. The van der Waals surface area contributed by atoms with Crippen LogP contribution in [0.4, 0.5) is 0 Å². The first-order valence-corrected chi connectivity index (χ1v) is 14.0. The van der Waals surface area contributed by atoms with Crippen LogP contribution in [0.5, 0.6) is 0 Å². The highest BCUT2D eigenvalue weighted by molar-refractivity contribution is 5.81. The van der Waals surface area contributed by atoms with Gasteiger partial charge >= 0.3 is 0 Å². The molecule has 2 aliphatic rings. The largest absolute Gasteiger partial charge is 0.433 e. The summed E-state index contributed by atoms with van der Waals surface area (Å²) in [6, 6.07) is 23.5. The fourth-order valence-corrected chi connectivity index (χ4v) is 5.03. The second-order valence-corrected chi connectivity index (χ2v) is 10.2. The van der Waals surface area contributed by atoms with Crippen molar-refractivity contribution in [3.05, 3.63) is 109 Å². The van der Waals surface area contributed by atoms with Crippen LogP contribution in [0.15, 0.2) is 78.0 Å².